The van der Waals surface area contributed by atoms with Crippen LogP contribution in [0.5, 0.6) is 0 Å². The number of unbranched alkanes of at least 4 members (excludes halogenated alkanes) is 28. The molecule has 0 N–H and O–H groups in total. The number of hydrogen-bond acceptors (Lipinski definition) is 6. The van der Waals surface area contributed by atoms with E-state index in [1.54, 1.807) is 0 Å². The Morgan fingerprint density at radius 3 is 1.11 bits per heavy atom. The Labute approximate surface area is 353 Å². The first-order valence-corrected chi connectivity index (χ1v) is 24.5. The molecular formula is C51H92O6. The molecular weight excluding hydrogens is 709 g/mol. The lowest BCUT2D eigenvalue weighted by Crippen LogP contribution is -2.30. The highest BCUT2D eigenvalue weighted by molar-refractivity contribution is 5.71. The summed E-state index contributed by atoms with van der Waals surface area (Å²) in [5, 5.41) is 0. The smallest absolute Gasteiger partial charge is 0.306 e. The SMILES string of the molecule is CCCCC/C=C\C=C/CCCCCCCCC(=O)OCC(COC(=O)CCC/C=C\CCCCCC)OC(=O)CCCCCCCCCCCCCCCCC. The number of hydrogen-bond donors (Lipinski definition) is 0. The molecule has 6 nitrogen and oxygen atoms in total. The summed E-state index contributed by atoms with van der Waals surface area (Å²) in [5.41, 5.74) is 0. The van der Waals surface area contributed by atoms with Crippen LogP contribution in [0, 0.1) is 0 Å². The normalized spacial score (nSPS) is 12.3. The molecule has 0 aromatic rings. The number of carbonyl (C=O) groups excluding carboxylic acids is 3. The second-order valence-electron chi connectivity index (χ2n) is 16.4. The Hall–Kier alpha value is -2.37. The van der Waals surface area contributed by atoms with Gasteiger partial charge in [-0.2, -0.15) is 0 Å². The van der Waals surface area contributed by atoms with Crippen LogP contribution < -0.4 is 0 Å². The van der Waals surface area contributed by atoms with Crippen LogP contribution in [0.3, 0.4) is 0 Å². The molecule has 0 rings (SSSR count). The predicted octanol–water partition coefficient (Wildman–Crippen LogP) is 15.8. The summed E-state index contributed by atoms with van der Waals surface area (Å²) >= 11 is 0. The molecule has 0 radical (unpaired) electrons. The first-order valence-electron chi connectivity index (χ1n) is 24.5. The Kier molecular flexibility index (Phi) is 44.4. The first kappa shape index (κ1) is 54.6. The van der Waals surface area contributed by atoms with Crippen molar-refractivity contribution >= 4 is 17.9 Å². The van der Waals surface area contributed by atoms with Crippen LogP contribution in [0.4, 0.5) is 0 Å². The van der Waals surface area contributed by atoms with Gasteiger partial charge in [-0.25, -0.2) is 0 Å². The van der Waals surface area contributed by atoms with Gasteiger partial charge in [0.2, 0.25) is 0 Å². The molecule has 0 aliphatic carbocycles. The molecule has 0 saturated heterocycles. The second kappa shape index (κ2) is 46.3. The van der Waals surface area contributed by atoms with Gasteiger partial charge in [-0.15, -0.1) is 0 Å². The van der Waals surface area contributed by atoms with Crippen molar-refractivity contribution in [3.63, 3.8) is 0 Å². The van der Waals surface area contributed by atoms with Gasteiger partial charge in [0.15, 0.2) is 6.10 Å². The molecule has 0 saturated carbocycles. The van der Waals surface area contributed by atoms with Gasteiger partial charge >= 0.3 is 17.9 Å². The summed E-state index contributed by atoms with van der Waals surface area (Å²) in [4.78, 5) is 37.8. The zero-order chi connectivity index (χ0) is 41.5. The van der Waals surface area contributed by atoms with Gasteiger partial charge < -0.3 is 14.2 Å². The first-order chi connectivity index (χ1) is 28.0. The minimum atomic E-state index is -0.782. The second-order valence-corrected chi connectivity index (χ2v) is 16.4. The van der Waals surface area contributed by atoms with Gasteiger partial charge in [-0.05, 0) is 64.2 Å². The molecule has 0 aromatic heterocycles. The Morgan fingerprint density at radius 2 is 0.649 bits per heavy atom. The monoisotopic (exact) mass is 801 g/mol. The van der Waals surface area contributed by atoms with Gasteiger partial charge in [0, 0.05) is 19.3 Å². The quantitative estimate of drug-likeness (QED) is 0.0201. The number of ether oxygens (including phenoxy) is 3. The van der Waals surface area contributed by atoms with E-state index in [2.05, 4.69) is 57.2 Å². The van der Waals surface area contributed by atoms with Crippen LogP contribution in [0.15, 0.2) is 36.5 Å². The largest absolute Gasteiger partial charge is 0.462 e. The summed E-state index contributed by atoms with van der Waals surface area (Å²) in [5.74, 6) is -0.925. The van der Waals surface area contributed by atoms with Gasteiger partial charge in [-0.1, -0.05) is 205 Å². The highest BCUT2D eigenvalue weighted by atomic mass is 16.6. The van der Waals surface area contributed by atoms with Gasteiger partial charge in [0.1, 0.15) is 13.2 Å². The predicted molar refractivity (Wildman–Crippen MR) is 242 cm³/mol. The topological polar surface area (TPSA) is 78.9 Å². The van der Waals surface area contributed by atoms with Crippen molar-refractivity contribution in [3.05, 3.63) is 36.5 Å². The van der Waals surface area contributed by atoms with Gasteiger partial charge in [0.25, 0.3) is 0 Å². The van der Waals surface area contributed by atoms with E-state index in [1.807, 2.05) is 0 Å². The Bertz CT molecular complexity index is 969. The minimum Gasteiger partial charge on any atom is -0.462 e. The summed E-state index contributed by atoms with van der Waals surface area (Å²) in [6.45, 7) is 6.55. The van der Waals surface area contributed by atoms with Crippen molar-refractivity contribution < 1.29 is 28.6 Å². The third-order valence-electron chi connectivity index (χ3n) is 10.6. The summed E-state index contributed by atoms with van der Waals surface area (Å²) in [6, 6.07) is 0. The Morgan fingerprint density at radius 1 is 0.351 bits per heavy atom. The van der Waals surface area contributed by atoms with Crippen LogP contribution in [0.2, 0.25) is 0 Å². The van der Waals surface area contributed by atoms with E-state index >= 15 is 0 Å². The molecule has 57 heavy (non-hydrogen) atoms. The fourth-order valence-corrected chi connectivity index (χ4v) is 6.91. The van der Waals surface area contributed by atoms with Crippen LogP contribution in [-0.4, -0.2) is 37.2 Å². The lowest BCUT2D eigenvalue weighted by atomic mass is 10.0. The molecule has 0 heterocycles. The lowest BCUT2D eigenvalue weighted by Gasteiger charge is -2.18. The maximum Gasteiger partial charge on any atom is 0.306 e. The van der Waals surface area contributed by atoms with Crippen molar-refractivity contribution in [2.45, 2.75) is 258 Å². The fourth-order valence-electron chi connectivity index (χ4n) is 6.91. The average molecular weight is 801 g/mol. The third-order valence-corrected chi connectivity index (χ3v) is 10.6. The molecule has 0 bridgehead atoms. The van der Waals surface area contributed by atoms with Crippen LogP contribution >= 0.6 is 0 Å². The van der Waals surface area contributed by atoms with E-state index < -0.39 is 6.10 Å². The maximum absolute atomic E-state index is 12.7. The number of allylic oxidation sites excluding steroid dienone is 6. The molecule has 0 aromatic carbocycles. The van der Waals surface area contributed by atoms with Crippen molar-refractivity contribution in [2.75, 3.05) is 13.2 Å². The van der Waals surface area contributed by atoms with Gasteiger partial charge in [0.05, 0.1) is 0 Å². The van der Waals surface area contributed by atoms with E-state index in [4.69, 9.17) is 14.2 Å². The zero-order valence-corrected chi connectivity index (χ0v) is 37.9. The van der Waals surface area contributed by atoms with E-state index in [0.717, 1.165) is 64.2 Å². The highest BCUT2D eigenvalue weighted by Gasteiger charge is 2.19. The van der Waals surface area contributed by atoms with Crippen molar-refractivity contribution in [1.29, 1.82) is 0 Å². The van der Waals surface area contributed by atoms with Crippen LogP contribution in [0.1, 0.15) is 252 Å². The zero-order valence-electron chi connectivity index (χ0n) is 37.9. The highest BCUT2D eigenvalue weighted by Crippen LogP contribution is 2.15. The van der Waals surface area contributed by atoms with E-state index in [1.165, 1.54) is 148 Å². The fraction of sp³-hybridized carbons (Fsp3) is 0.824. The molecule has 0 fully saturated rings. The number of rotatable bonds is 44. The molecule has 1 atom stereocenters. The number of esters is 3. The van der Waals surface area contributed by atoms with E-state index in [-0.39, 0.29) is 31.1 Å². The Balaban J connectivity index is 4.35. The van der Waals surface area contributed by atoms with Crippen LogP contribution in [0.25, 0.3) is 0 Å². The van der Waals surface area contributed by atoms with Crippen molar-refractivity contribution in [3.8, 4) is 0 Å². The molecule has 332 valence electrons. The maximum atomic E-state index is 12.7. The lowest BCUT2D eigenvalue weighted by molar-refractivity contribution is -0.167. The summed E-state index contributed by atoms with van der Waals surface area (Å²) in [7, 11) is 0. The van der Waals surface area contributed by atoms with E-state index in [0.29, 0.717) is 19.3 Å². The van der Waals surface area contributed by atoms with Crippen molar-refractivity contribution in [2.24, 2.45) is 0 Å². The molecule has 0 aliphatic rings. The third kappa shape index (κ3) is 44.6. The average Bonchev–Trinajstić information content (AvgIpc) is 3.21. The van der Waals surface area contributed by atoms with Gasteiger partial charge in [-0.3, -0.25) is 14.4 Å². The van der Waals surface area contributed by atoms with Crippen LogP contribution in [-0.2, 0) is 28.6 Å². The minimum absolute atomic E-state index is 0.0844. The number of carbonyl (C=O) groups is 3. The molecule has 0 aliphatic heterocycles. The van der Waals surface area contributed by atoms with E-state index in [9.17, 15) is 14.4 Å². The molecule has 6 heteroatoms. The standard InChI is InChI=1S/C51H92O6/c1-4-7-10-13-16-19-21-23-25-27-29-32-35-38-41-44-50(53)56-47-48(46-55-49(52)43-40-37-34-31-18-15-12-9-6-3)57-51(54)45-42-39-36-33-30-28-26-24-22-20-17-14-11-8-5-2/h16,19,21,23,31,34,48H,4-15,17-18,20,22,24-30,32-33,35-47H2,1-3H3/b19-16-,23-21-,34-31-. The molecule has 0 spiro atoms. The van der Waals surface area contributed by atoms with Crippen molar-refractivity contribution in [1.82, 2.24) is 0 Å². The molecule has 1 unspecified atom stereocenters. The summed E-state index contributed by atoms with van der Waals surface area (Å²) < 4.78 is 16.7. The molecule has 0 amide bonds. The summed E-state index contributed by atoms with van der Waals surface area (Å²) in [6.07, 6.45) is 52.7.